The number of likely N-dealkylation sites (N-methyl/N-ethyl adjacent to an activating group) is 6. The molecule has 6 atom stereocenters. The number of amides is 10. The smallest absolute Gasteiger partial charge is 0.274 e. The first-order chi connectivity index (χ1) is 36.1. The fraction of sp³-hybridized carbons (Fsp3) is 0.417. The van der Waals surface area contributed by atoms with Crippen LogP contribution in [0.15, 0.2) is 60.7 Å². The third kappa shape index (κ3) is 13.0. The van der Waals surface area contributed by atoms with Crippen LogP contribution in [0.3, 0.4) is 0 Å². The van der Waals surface area contributed by atoms with Crippen molar-refractivity contribution in [1.82, 2.24) is 60.6 Å². The third-order valence-corrected chi connectivity index (χ3v) is 15.4. The van der Waals surface area contributed by atoms with Crippen LogP contribution < -0.4 is 32.7 Å². The van der Waals surface area contributed by atoms with E-state index < -0.39 is 157 Å². The minimum atomic E-state index is -1.64. The number of nitrogens with zero attached hydrogens (tertiary/aromatic N) is 8. The maximum absolute atomic E-state index is 14.7. The van der Waals surface area contributed by atoms with Gasteiger partial charge in [0.15, 0.2) is 11.4 Å². The van der Waals surface area contributed by atoms with Crippen molar-refractivity contribution in [3.8, 4) is 11.5 Å². The molecule has 2 bridgehead atoms. The summed E-state index contributed by atoms with van der Waals surface area (Å²) in [6.07, 6.45) is 0. The summed E-state index contributed by atoms with van der Waals surface area (Å²) >= 11 is 0. The van der Waals surface area contributed by atoms with Crippen LogP contribution in [-0.4, -0.2) is 238 Å². The topological polar surface area (TPSA) is 357 Å². The van der Waals surface area contributed by atoms with E-state index >= 15 is 0 Å². The molecule has 6 rings (SSSR count). The zero-order chi connectivity index (χ0) is 55.7. The predicted octanol–water partition coefficient (Wildman–Crippen LogP) is -3.13. The molecule has 10 amide bonds. The Morgan fingerprint density at radius 2 is 0.934 bits per heavy atom. The van der Waals surface area contributed by atoms with Crippen LogP contribution in [0.4, 0.5) is 0 Å². The maximum Gasteiger partial charge on any atom is 0.274 e. The van der Waals surface area contributed by atoms with E-state index in [1.54, 1.807) is 48.5 Å². The van der Waals surface area contributed by atoms with Gasteiger partial charge < -0.3 is 72.3 Å². The summed E-state index contributed by atoms with van der Waals surface area (Å²) < 4.78 is 0. The highest BCUT2D eigenvalue weighted by atomic mass is 33.1. The van der Waals surface area contributed by atoms with Crippen LogP contribution in [-0.2, 0) is 38.4 Å². The van der Waals surface area contributed by atoms with Crippen molar-refractivity contribution in [2.75, 3.05) is 93.1 Å². The lowest BCUT2D eigenvalue weighted by Gasteiger charge is -2.37. The molecule has 2 aliphatic heterocycles. The summed E-state index contributed by atoms with van der Waals surface area (Å²) in [7, 11) is 9.70. The molecule has 2 aliphatic rings. The molecule has 2 saturated heterocycles. The Hall–Kier alpha value is -7.82. The number of hydrogen-bond acceptors (Lipinski definition) is 18. The molecule has 2 aromatic heterocycles. The number of fused-ring (bicyclic) bond motifs is 7. The van der Waals surface area contributed by atoms with E-state index in [0.29, 0.717) is 21.8 Å². The van der Waals surface area contributed by atoms with Crippen molar-refractivity contribution in [2.45, 2.75) is 36.3 Å². The number of nitrogens with one attached hydrogen (secondary N) is 4. The number of aromatic nitrogens is 2. The Balaban J connectivity index is 1.37. The largest absolute Gasteiger partial charge is 0.505 e. The van der Waals surface area contributed by atoms with Gasteiger partial charge in [-0.15, -0.1) is 0 Å². The first kappa shape index (κ1) is 57.5. The molecule has 26 nitrogen and oxygen atoms in total. The molecule has 2 fully saturated rings. The normalized spacial score (nSPS) is 22.9. The van der Waals surface area contributed by atoms with E-state index in [4.69, 9.17) is 11.5 Å². The van der Waals surface area contributed by atoms with Gasteiger partial charge in [0.1, 0.15) is 47.8 Å². The van der Waals surface area contributed by atoms with Crippen molar-refractivity contribution in [3.63, 3.8) is 0 Å². The van der Waals surface area contributed by atoms with Gasteiger partial charge in [0, 0.05) is 90.7 Å². The number of pyridine rings is 2. The third-order valence-electron chi connectivity index (χ3n) is 13.0. The zero-order valence-electron chi connectivity index (χ0n) is 42.4. The lowest BCUT2D eigenvalue weighted by atomic mass is 10.1. The number of hydrogen-bond donors (Lipinski definition) is 8. The molecule has 4 aromatic rings. The second-order valence-electron chi connectivity index (χ2n) is 18.0. The summed E-state index contributed by atoms with van der Waals surface area (Å²) in [4.78, 5) is 156. The molecule has 2 aromatic carbocycles. The monoisotopic (exact) mass is 1090 g/mol. The molecule has 0 radical (unpaired) electrons. The number of carbonyl (C=O) groups excluding carboxylic acids is 10. The molecule has 0 spiro atoms. The molecule has 0 aliphatic carbocycles. The van der Waals surface area contributed by atoms with Crippen LogP contribution in [0.5, 0.6) is 11.5 Å². The number of para-hydroxylation sites is 2. The minimum absolute atomic E-state index is 0.199. The van der Waals surface area contributed by atoms with Gasteiger partial charge in [-0.25, -0.2) is 9.97 Å². The van der Waals surface area contributed by atoms with E-state index in [2.05, 4.69) is 31.2 Å². The SMILES string of the molecule is CN1C[C@@H](NC(=O)c2nc3ccccc3cc2O)C(=O)NCC(=O)N(C)[C@H]2CSSC[C@@H](C(=O)N(C)[C@@H](CN)C1=O)N(C)C(=O)CNC(=O)[C@H](NC(=O)c1nc3ccccc3cc1O)CN(C)C(=O)[C@H](CN)N(C)C2=O. The predicted molar refractivity (Wildman–Crippen MR) is 280 cm³/mol. The lowest BCUT2D eigenvalue weighted by molar-refractivity contribution is -0.149. The minimum Gasteiger partial charge on any atom is -0.505 e. The Morgan fingerprint density at radius 1 is 0.579 bits per heavy atom. The first-order valence-corrected chi connectivity index (χ1v) is 26.1. The van der Waals surface area contributed by atoms with Crippen LogP contribution in [0.25, 0.3) is 21.8 Å². The van der Waals surface area contributed by atoms with Crippen LogP contribution in [0.2, 0.25) is 0 Å². The van der Waals surface area contributed by atoms with Gasteiger partial charge >= 0.3 is 0 Å². The number of rotatable bonds is 6. The highest BCUT2D eigenvalue weighted by Crippen LogP contribution is 2.28. The van der Waals surface area contributed by atoms with E-state index in [1.165, 1.54) is 54.4 Å². The van der Waals surface area contributed by atoms with Gasteiger partial charge in [-0.3, -0.25) is 47.9 Å². The number of benzene rings is 2. The lowest BCUT2D eigenvalue weighted by Crippen LogP contribution is -2.61. The van der Waals surface area contributed by atoms with Crippen molar-refractivity contribution in [2.24, 2.45) is 11.5 Å². The summed E-state index contributed by atoms with van der Waals surface area (Å²) in [5.41, 5.74) is 12.1. The maximum atomic E-state index is 14.7. The van der Waals surface area contributed by atoms with E-state index in [9.17, 15) is 58.2 Å². The van der Waals surface area contributed by atoms with Gasteiger partial charge in [-0.05, 0) is 24.3 Å². The fourth-order valence-electron chi connectivity index (χ4n) is 8.34. The fourth-order valence-corrected chi connectivity index (χ4v) is 10.9. The summed E-state index contributed by atoms with van der Waals surface area (Å²) in [6.45, 7) is -3.62. The van der Waals surface area contributed by atoms with E-state index in [-0.39, 0.29) is 11.5 Å². The molecular weight excluding hydrogens is 1030 g/mol. The van der Waals surface area contributed by atoms with Gasteiger partial charge in [-0.2, -0.15) is 0 Å². The van der Waals surface area contributed by atoms with Crippen LogP contribution in [0, 0.1) is 0 Å². The Morgan fingerprint density at radius 3 is 1.29 bits per heavy atom. The molecule has 0 unspecified atom stereocenters. The van der Waals surface area contributed by atoms with Crippen molar-refractivity contribution in [3.05, 3.63) is 72.1 Å². The molecular formula is C48H60N14O12S2. The highest BCUT2D eigenvalue weighted by Gasteiger charge is 2.40. The Kier molecular flexibility index (Phi) is 19.0. The second-order valence-corrected chi connectivity index (χ2v) is 20.6. The average molecular weight is 1090 g/mol. The summed E-state index contributed by atoms with van der Waals surface area (Å²) in [6, 6.07) is 6.92. The summed E-state index contributed by atoms with van der Waals surface area (Å²) in [5, 5.41) is 32.5. The van der Waals surface area contributed by atoms with Gasteiger partial charge in [0.25, 0.3) is 11.8 Å². The van der Waals surface area contributed by atoms with Crippen LogP contribution in [0.1, 0.15) is 21.0 Å². The zero-order valence-corrected chi connectivity index (χ0v) is 44.1. The molecule has 28 heteroatoms. The van der Waals surface area contributed by atoms with Crippen molar-refractivity contribution < 1.29 is 58.2 Å². The molecule has 76 heavy (non-hydrogen) atoms. The first-order valence-electron chi connectivity index (χ1n) is 23.6. The van der Waals surface area contributed by atoms with E-state index in [0.717, 1.165) is 51.0 Å². The number of carbonyl (C=O) groups is 10. The summed E-state index contributed by atoms with van der Waals surface area (Å²) in [5.74, 6) is -10.3. The number of aromatic hydroxyl groups is 2. The van der Waals surface area contributed by atoms with Gasteiger partial charge in [0.2, 0.25) is 47.3 Å². The highest BCUT2D eigenvalue weighted by molar-refractivity contribution is 8.76. The molecule has 4 heterocycles. The van der Waals surface area contributed by atoms with Crippen LogP contribution >= 0.6 is 21.6 Å². The Labute approximate surface area is 444 Å². The molecule has 406 valence electrons. The number of nitrogens with two attached hydrogens (primary N) is 2. The standard InChI is InChI=1S/C48H60N14O12S2/c1-57-21-29(55-43(69)39-35(63)15-25-11-7-9-13-27(25)53-39)41(67)51-19-37(65)60(4)34-24-76-75-23-33(47(73)61(5)31(17-49)45(57)71)59(3)38(66)20-52-42(68)30(22-58(2)46(72)32(18-50)62(6)48(34)74)56-44(70)40-36(64)16-26-12-8-10-14-28(26)54-40/h7-16,29-34,63-64H,17-24,49-50H2,1-6H3,(H,51,67)(H,52,68)(H,55,69)(H,56,70)/t29-,30-,31+,32+,33+,34+/m1/s1. The quantitative estimate of drug-likeness (QED) is 0.0886. The second kappa shape index (κ2) is 25.1. The van der Waals surface area contributed by atoms with Gasteiger partial charge in [-0.1, -0.05) is 58.0 Å². The molecule has 10 N–H and O–H groups in total. The van der Waals surface area contributed by atoms with Gasteiger partial charge in [0.05, 0.1) is 24.1 Å². The molecule has 0 saturated carbocycles. The van der Waals surface area contributed by atoms with Crippen molar-refractivity contribution >= 4 is 102 Å². The van der Waals surface area contributed by atoms with Crippen molar-refractivity contribution in [1.29, 1.82) is 0 Å². The van der Waals surface area contributed by atoms with E-state index in [1.807, 2.05) is 0 Å². The average Bonchev–Trinajstić information content (AvgIpc) is 3.40. The Bertz CT molecular complexity index is 2740.